The first-order chi connectivity index (χ1) is 13.0. The molecule has 27 heavy (non-hydrogen) atoms. The summed E-state index contributed by atoms with van der Waals surface area (Å²) >= 11 is 11.8. The average Bonchev–Trinajstić information content (AvgIpc) is 2.64. The Labute approximate surface area is 168 Å². The van der Waals surface area contributed by atoms with Crippen molar-refractivity contribution in [2.24, 2.45) is 0 Å². The summed E-state index contributed by atoms with van der Waals surface area (Å²) < 4.78 is 11.3. The zero-order valence-corrected chi connectivity index (χ0v) is 16.5. The van der Waals surface area contributed by atoms with Crippen molar-refractivity contribution in [1.29, 1.82) is 0 Å². The summed E-state index contributed by atoms with van der Waals surface area (Å²) in [7, 11) is 2.11. The molecule has 0 atom stereocenters. The van der Waals surface area contributed by atoms with Crippen LogP contribution in [-0.2, 0) is 4.79 Å². The van der Waals surface area contributed by atoms with E-state index in [4.69, 9.17) is 32.7 Å². The third kappa shape index (κ3) is 5.99. The van der Waals surface area contributed by atoms with Crippen LogP contribution in [0.15, 0.2) is 36.5 Å². The van der Waals surface area contributed by atoms with Gasteiger partial charge in [-0.25, -0.2) is 4.98 Å². The lowest BCUT2D eigenvalue weighted by molar-refractivity contribution is -0.118. The molecule has 1 fully saturated rings. The number of rotatable bonds is 6. The molecule has 0 unspecified atom stereocenters. The highest BCUT2D eigenvalue weighted by Crippen LogP contribution is 2.27. The van der Waals surface area contributed by atoms with E-state index < -0.39 is 0 Å². The number of nitrogens with one attached hydrogen (secondary N) is 1. The molecule has 1 aliphatic rings. The van der Waals surface area contributed by atoms with Crippen LogP contribution in [0, 0.1) is 0 Å². The number of hydrogen-bond acceptors (Lipinski definition) is 5. The third-order valence-corrected chi connectivity index (χ3v) is 4.76. The van der Waals surface area contributed by atoms with E-state index >= 15 is 0 Å². The molecule has 2 heterocycles. The Balaban J connectivity index is 1.46. The molecule has 2 aromatic rings. The summed E-state index contributed by atoms with van der Waals surface area (Å²) in [4.78, 5) is 18.6. The van der Waals surface area contributed by atoms with Crippen LogP contribution < -0.4 is 14.8 Å². The molecule has 1 saturated heterocycles. The van der Waals surface area contributed by atoms with E-state index in [1.54, 1.807) is 36.5 Å². The van der Waals surface area contributed by atoms with E-state index in [1.165, 1.54) is 0 Å². The molecule has 1 aromatic heterocycles. The van der Waals surface area contributed by atoms with Crippen molar-refractivity contribution in [3.05, 3.63) is 46.6 Å². The maximum absolute atomic E-state index is 12.0. The number of aromatic nitrogens is 1. The van der Waals surface area contributed by atoms with E-state index in [1.807, 2.05) is 0 Å². The first-order valence-electron chi connectivity index (χ1n) is 8.68. The normalized spacial score (nSPS) is 15.4. The van der Waals surface area contributed by atoms with Gasteiger partial charge in [-0.2, -0.15) is 0 Å². The lowest BCUT2D eigenvalue weighted by Crippen LogP contribution is -2.35. The van der Waals surface area contributed by atoms with Crippen molar-refractivity contribution in [2.75, 3.05) is 32.1 Å². The zero-order valence-electron chi connectivity index (χ0n) is 15.0. The molecular weight excluding hydrogens is 389 g/mol. The number of hydrogen-bond donors (Lipinski definition) is 1. The van der Waals surface area contributed by atoms with Crippen molar-refractivity contribution in [1.82, 2.24) is 9.88 Å². The van der Waals surface area contributed by atoms with Gasteiger partial charge in [0.05, 0.1) is 16.9 Å². The molecule has 8 heteroatoms. The van der Waals surface area contributed by atoms with Gasteiger partial charge in [0.1, 0.15) is 11.9 Å². The number of pyridine rings is 1. The molecule has 1 aliphatic heterocycles. The predicted octanol–water partition coefficient (Wildman–Crippen LogP) is 3.88. The zero-order chi connectivity index (χ0) is 19.2. The lowest BCUT2D eigenvalue weighted by Gasteiger charge is -2.28. The number of likely N-dealkylation sites (tertiary alicyclic amines) is 1. The molecular formula is C19H21Cl2N3O3. The fraction of sp³-hybridized carbons (Fsp3) is 0.368. The molecule has 1 N–H and O–H groups in total. The monoisotopic (exact) mass is 409 g/mol. The molecule has 0 saturated carbocycles. The Kier molecular flexibility index (Phi) is 6.77. The molecule has 0 spiro atoms. The average molecular weight is 410 g/mol. The van der Waals surface area contributed by atoms with Gasteiger partial charge in [0.25, 0.3) is 5.91 Å². The summed E-state index contributed by atoms with van der Waals surface area (Å²) in [5, 5.41) is 3.58. The standard InChI is InChI=1S/C19H21Cl2N3O3/c1-24-8-6-15(7-9-24)27-19-5-3-14(11-22-19)23-18(25)12-26-17-4-2-13(20)10-16(17)21/h2-5,10-11,15H,6-9,12H2,1H3,(H,23,25). The summed E-state index contributed by atoms with van der Waals surface area (Å²) in [5.41, 5.74) is 0.571. The van der Waals surface area contributed by atoms with Crippen molar-refractivity contribution >= 4 is 34.8 Å². The number of carbonyl (C=O) groups excluding carboxylic acids is 1. The molecule has 0 bridgehead atoms. The number of piperidine rings is 1. The van der Waals surface area contributed by atoms with Crippen LogP contribution in [0.4, 0.5) is 5.69 Å². The summed E-state index contributed by atoms with van der Waals surface area (Å²) in [6.45, 7) is 1.88. The van der Waals surface area contributed by atoms with Crippen LogP contribution in [0.2, 0.25) is 10.0 Å². The second kappa shape index (κ2) is 9.26. The van der Waals surface area contributed by atoms with E-state index in [0.29, 0.717) is 27.4 Å². The summed E-state index contributed by atoms with van der Waals surface area (Å²) in [5.74, 6) is 0.648. The highest BCUT2D eigenvalue weighted by atomic mass is 35.5. The molecule has 0 aliphatic carbocycles. The molecule has 0 radical (unpaired) electrons. The quantitative estimate of drug-likeness (QED) is 0.783. The minimum Gasteiger partial charge on any atom is -0.482 e. The number of amides is 1. The minimum absolute atomic E-state index is 0.171. The Morgan fingerprint density at radius 1 is 1.26 bits per heavy atom. The van der Waals surface area contributed by atoms with Crippen LogP contribution in [0.1, 0.15) is 12.8 Å². The molecule has 1 amide bonds. The van der Waals surface area contributed by atoms with Crippen molar-refractivity contribution in [3.8, 4) is 11.6 Å². The number of anilines is 1. The number of benzene rings is 1. The van der Waals surface area contributed by atoms with Gasteiger partial charge in [-0.3, -0.25) is 4.79 Å². The van der Waals surface area contributed by atoms with Gasteiger partial charge in [0, 0.05) is 24.2 Å². The van der Waals surface area contributed by atoms with Crippen LogP contribution in [0.5, 0.6) is 11.6 Å². The van der Waals surface area contributed by atoms with Crippen molar-refractivity contribution in [3.63, 3.8) is 0 Å². The molecule has 1 aromatic carbocycles. The Bertz CT molecular complexity index is 778. The molecule has 6 nitrogen and oxygen atoms in total. The van der Waals surface area contributed by atoms with Crippen molar-refractivity contribution < 1.29 is 14.3 Å². The van der Waals surface area contributed by atoms with E-state index in [-0.39, 0.29) is 18.6 Å². The second-order valence-electron chi connectivity index (χ2n) is 6.42. The van der Waals surface area contributed by atoms with Gasteiger partial charge in [-0.1, -0.05) is 23.2 Å². The first-order valence-corrected chi connectivity index (χ1v) is 9.44. The maximum atomic E-state index is 12.0. The van der Waals surface area contributed by atoms with Gasteiger partial charge in [0.2, 0.25) is 5.88 Å². The third-order valence-electron chi connectivity index (χ3n) is 4.23. The lowest BCUT2D eigenvalue weighted by atomic mass is 10.1. The number of halogens is 2. The minimum atomic E-state index is -0.313. The number of ether oxygens (including phenoxy) is 2. The second-order valence-corrected chi connectivity index (χ2v) is 7.26. The van der Waals surface area contributed by atoms with Gasteiger partial charge >= 0.3 is 0 Å². The SMILES string of the molecule is CN1CCC(Oc2ccc(NC(=O)COc3ccc(Cl)cc3Cl)cn2)CC1. The van der Waals surface area contributed by atoms with Gasteiger partial charge in [-0.05, 0) is 44.2 Å². The van der Waals surface area contributed by atoms with Crippen LogP contribution in [0.3, 0.4) is 0 Å². The fourth-order valence-electron chi connectivity index (χ4n) is 2.73. The van der Waals surface area contributed by atoms with Crippen LogP contribution in [0.25, 0.3) is 0 Å². The highest BCUT2D eigenvalue weighted by Gasteiger charge is 2.18. The fourth-order valence-corrected chi connectivity index (χ4v) is 3.19. The van der Waals surface area contributed by atoms with Crippen molar-refractivity contribution in [2.45, 2.75) is 18.9 Å². The van der Waals surface area contributed by atoms with Gasteiger partial charge < -0.3 is 19.7 Å². The maximum Gasteiger partial charge on any atom is 0.262 e. The van der Waals surface area contributed by atoms with Crippen LogP contribution in [-0.4, -0.2) is 48.6 Å². The highest BCUT2D eigenvalue weighted by molar-refractivity contribution is 6.35. The van der Waals surface area contributed by atoms with E-state index in [0.717, 1.165) is 25.9 Å². The first kappa shape index (κ1) is 19.7. The summed E-state index contributed by atoms with van der Waals surface area (Å²) in [6, 6.07) is 8.33. The predicted molar refractivity (Wildman–Crippen MR) is 106 cm³/mol. The van der Waals surface area contributed by atoms with Crippen LogP contribution >= 0.6 is 23.2 Å². The van der Waals surface area contributed by atoms with Gasteiger partial charge in [0.15, 0.2) is 6.61 Å². The summed E-state index contributed by atoms with van der Waals surface area (Å²) in [6.07, 6.45) is 3.73. The number of nitrogens with zero attached hydrogens (tertiary/aromatic N) is 2. The largest absolute Gasteiger partial charge is 0.482 e. The smallest absolute Gasteiger partial charge is 0.262 e. The Morgan fingerprint density at radius 2 is 2.04 bits per heavy atom. The van der Waals surface area contributed by atoms with Gasteiger partial charge in [-0.15, -0.1) is 0 Å². The molecule has 144 valence electrons. The number of carbonyl (C=O) groups is 1. The Hall–Kier alpha value is -2.02. The van der Waals surface area contributed by atoms with E-state index in [2.05, 4.69) is 22.2 Å². The molecule has 3 rings (SSSR count). The van der Waals surface area contributed by atoms with E-state index in [9.17, 15) is 4.79 Å². The topological polar surface area (TPSA) is 63.7 Å². The Morgan fingerprint density at radius 3 is 2.70 bits per heavy atom.